The minimum Gasteiger partial charge on any atom is -0.508 e. The molecular weight excluding hydrogens is 524 g/mol. The molecule has 0 amide bonds. The summed E-state index contributed by atoms with van der Waals surface area (Å²) in [6.45, 7) is 0. The number of benzene rings is 6. The summed E-state index contributed by atoms with van der Waals surface area (Å²) in [6.07, 6.45) is 0. The maximum absolute atomic E-state index is 10.6. The molecule has 6 heteroatoms. The Kier molecular flexibility index (Phi) is 6.65. The van der Waals surface area contributed by atoms with Crippen LogP contribution in [0.5, 0.6) is 23.0 Å². The van der Waals surface area contributed by atoms with Gasteiger partial charge in [0.25, 0.3) is 0 Å². The fourth-order valence-corrected chi connectivity index (χ4v) is 5.53. The molecule has 8 N–H and O–H groups in total. The highest BCUT2D eigenvalue weighted by Gasteiger charge is 2.28. The average molecular weight is 553 g/mol. The molecule has 6 rings (SSSR count). The van der Waals surface area contributed by atoms with E-state index in [1.54, 1.807) is 72.8 Å². The Bertz CT molecular complexity index is 1830. The minimum absolute atomic E-state index is 0.0683. The van der Waals surface area contributed by atoms with E-state index in [-0.39, 0.29) is 23.0 Å². The molecule has 0 radical (unpaired) electrons. The molecule has 0 spiro atoms. The van der Waals surface area contributed by atoms with Gasteiger partial charge in [0.05, 0.1) is 0 Å². The van der Waals surface area contributed by atoms with Gasteiger partial charge in [-0.25, -0.2) is 0 Å². The van der Waals surface area contributed by atoms with E-state index in [1.807, 2.05) is 48.5 Å². The third kappa shape index (κ3) is 4.82. The number of hydrogen-bond donors (Lipinski definition) is 6. The molecule has 0 aliphatic heterocycles. The van der Waals surface area contributed by atoms with Gasteiger partial charge in [-0.3, -0.25) is 0 Å². The number of phenolic OH excluding ortho intramolecular Hbond substituents is 4. The topological polar surface area (TPSA) is 133 Å². The van der Waals surface area contributed by atoms with Crippen molar-refractivity contribution >= 4 is 11.4 Å². The summed E-state index contributed by atoms with van der Waals surface area (Å²) in [6, 6.07) is 35.0. The molecular formula is C36H28N2O4. The smallest absolute Gasteiger partial charge is 0.116 e. The van der Waals surface area contributed by atoms with Crippen LogP contribution >= 0.6 is 0 Å². The second kappa shape index (κ2) is 10.6. The molecule has 0 heterocycles. The van der Waals surface area contributed by atoms with E-state index in [1.165, 1.54) is 0 Å². The van der Waals surface area contributed by atoms with Gasteiger partial charge in [-0.2, -0.15) is 0 Å². The molecule has 0 atom stereocenters. The second-order valence-corrected chi connectivity index (χ2v) is 10.1. The van der Waals surface area contributed by atoms with Gasteiger partial charge >= 0.3 is 0 Å². The highest BCUT2D eigenvalue weighted by atomic mass is 16.3. The van der Waals surface area contributed by atoms with Crippen molar-refractivity contribution in [1.82, 2.24) is 0 Å². The van der Waals surface area contributed by atoms with Crippen molar-refractivity contribution in [3.05, 3.63) is 121 Å². The zero-order valence-electron chi connectivity index (χ0n) is 22.5. The summed E-state index contributed by atoms with van der Waals surface area (Å²) >= 11 is 0. The quantitative estimate of drug-likeness (QED) is 0.120. The third-order valence-corrected chi connectivity index (χ3v) is 7.28. The Hall–Kier alpha value is -5.88. The highest BCUT2D eigenvalue weighted by molar-refractivity contribution is 6.13. The third-order valence-electron chi connectivity index (χ3n) is 7.28. The van der Waals surface area contributed by atoms with Crippen LogP contribution in [0.25, 0.3) is 55.6 Å². The van der Waals surface area contributed by atoms with Crippen LogP contribution in [0.4, 0.5) is 11.4 Å². The molecule has 0 bridgehead atoms. The molecule has 0 unspecified atom stereocenters. The van der Waals surface area contributed by atoms with E-state index in [4.69, 9.17) is 11.5 Å². The standard InChI is InChI=1S/C36H28N2O4/c37-26-15-13-21(14-16-26)31-32(22-5-1-9-27(39)17-22)34(24-7-3-11-29(41)19-24)36(38)35(25-8-4-12-30(42)20-25)33(31)23-6-2-10-28(40)18-23/h1-20,39-42H,37-38H2. The van der Waals surface area contributed by atoms with Crippen molar-refractivity contribution in [1.29, 1.82) is 0 Å². The van der Waals surface area contributed by atoms with Crippen LogP contribution in [-0.2, 0) is 0 Å². The van der Waals surface area contributed by atoms with Gasteiger partial charge in [-0.05, 0) is 94.0 Å². The number of nitrogens with two attached hydrogens (primary N) is 2. The number of rotatable bonds is 5. The van der Waals surface area contributed by atoms with E-state index < -0.39 is 0 Å². The van der Waals surface area contributed by atoms with Gasteiger partial charge in [0.15, 0.2) is 0 Å². The van der Waals surface area contributed by atoms with Crippen LogP contribution in [0, 0.1) is 0 Å². The molecule has 0 aromatic heterocycles. The van der Waals surface area contributed by atoms with Gasteiger partial charge in [-0.15, -0.1) is 0 Å². The molecule has 206 valence electrons. The van der Waals surface area contributed by atoms with Crippen LogP contribution < -0.4 is 11.5 Å². The van der Waals surface area contributed by atoms with Gasteiger partial charge < -0.3 is 31.9 Å². The van der Waals surface area contributed by atoms with Crippen LogP contribution in [0.2, 0.25) is 0 Å². The average Bonchev–Trinajstić information content (AvgIpc) is 2.97. The van der Waals surface area contributed by atoms with Crippen LogP contribution in [0.15, 0.2) is 121 Å². The number of nitrogen functional groups attached to an aromatic ring is 2. The molecule has 0 aliphatic carbocycles. The van der Waals surface area contributed by atoms with Crippen molar-refractivity contribution in [3.8, 4) is 78.6 Å². The van der Waals surface area contributed by atoms with Gasteiger partial charge in [0, 0.05) is 33.6 Å². The zero-order chi connectivity index (χ0) is 29.4. The van der Waals surface area contributed by atoms with Crippen molar-refractivity contribution in [2.45, 2.75) is 0 Å². The Balaban J connectivity index is 1.91. The zero-order valence-corrected chi connectivity index (χ0v) is 22.5. The fraction of sp³-hybridized carbons (Fsp3) is 0. The predicted molar refractivity (Wildman–Crippen MR) is 169 cm³/mol. The number of anilines is 2. The molecule has 0 fully saturated rings. The van der Waals surface area contributed by atoms with Crippen LogP contribution in [0.1, 0.15) is 0 Å². The Morgan fingerprint density at radius 2 is 0.643 bits per heavy atom. The molecule has 42 heavy (non-hydrogen) atoms. The van der Waals surface area contributed by atoms with E-state index in [9.17, 15) is 20.4 Å². The largest absolute Gasteiger partial charge is 0.508 e. The summed E-state index contributed by atoms with van der Waals surface area (Å²) in [5.41, 5.74) is 21.2. The molecule has 0 saturated carbocycles. The first-order chi connectivity index (χ1) is 20.3. The molecule has 6 nitrogen and oxygen atoms in total. The fourth-order valence-electron chi connectivity index (χ4n) is 5.53. The van der Waals surface area contributed by atoms with Crippen molar-refractivity contribution in [3.63, 3.8) is 0 Å². The predicted octanol–water partition coefficient (Wildman–Crippen LogP) is 8.01. The summed E-state index contributed by atoms with van der Waals surface area (Å²) in [4.78, 5) is 0. The van der Waals surface area contributed by atoms with Gasteiger partial charge in [0.1, 0.15) is 23.0 Å². The van der Waals surface area contributed by atoms with E-state index >= 15 is 0 Å². The maximum Gasteiger partial charge on any atom is 0.116 e. The van der Waals surface area contributed by atoms with Gasteiger partial charge in [-0.1, -0.05) is 60.7 Å². The Morgan fingerprint density at radius 1 is 0.333 bits per heavy atom. The number of hydrogen-bond acceptors (Lipinski definition) is 6. The lowest BCUT2D eigenvalue weighted by atomic mass is 9.77. The molecule has 0 aliphatic rings. The lowest BCUT2D eigenvalue weighted by Crippen LogP contribution is -2.04. The lowest BCUT2D eigenvalue weighted by molar-refractivity contribution is 0.475. The normalized spacial score (nSPS) is 11.0. The Labute approximate surface area is 243 Å². The van der Waals surface area contributed by atoms with E-state index in [0.29, 0.717) is 55.9 Å². The van der Waals surface area contributed by atoms with Crippen molar-refractivity contribution in [2.24, 2.45) is 0 Å². The number of aromatic hydroxyl groups is 4. The lowest BCUT2D eigenvalue weighted by Gasteiger charge is -2.27. The van der Waals surface area contributed by atoms with Crippen molar-refractivity contribution in [2.75, 3.05) is 11.5 Å². The first-order valence-corrected chi connectivity index (χ1v) is 13.3. The minimum atomic E-state index is 0.0683. The second-order valence-electron chi connectivity index (χ2n) is 10.1. The highest BCUT2D eigenvalue weighted by Crippen LogP contribution is 2.55. The maximum atomic E-state index is 10.6. The molecule has 0 saturated heterocycles. The Morgan fingerprint density at radius 3 is 0.976 bits per heavy atom. The SMILES string of the molecule is Nc1ccc(-c2c(-c3cccc(O)c3)c(-c3cccc(O)c3)c(N)c(-c3cccc(O)c3)c2-c2cccc(O)c2)cc1. The van der Waals surface area contributed by atoms with E-state index in [0.717, 1.165) is 11.1 Å². The summed E-state index contributed by atoms with van der Waals surface area (Å²) in [5, 5.41) is 42.2. The molecule has 6 aromatic rings. The van der Waals surface area contributed by atoms with Crippen molar-refractivity contribution < 1.29 is 20.4 Å². The number of phenols is 4. The first-order valence-electron chi connectivity index (χ1n) is 13.3. The van der Waals surface area contributed by atoms with E-state index in [2.05, 4.69) is 0 Å². The van der Waals surface area contributed by atoms with Gasteiger partial charge in [0.2, 0.25) is 0 Å². The first kappa shape index (κ1) is 26.3. The molecule has 6 aromatic carbocycles. The summed E-state index contributed by atoms with van der Waals surface area (Å²) in [7, 11) is 0. The summed E-state index contributed by atoms with van der Waals surface area (Å²) in [5.74, 6) is 0.289. The van der Waals surface area contributed by atoms with Crippen LogP contribution in [0.3, 0.4) is 0 Å². The summed E-state index contributed by atoms with van der Waals surface area (Å²) < 4.78 is 0. The van der Waals surface area contributed by atoms with Crippen LogP contribution in [-0.4, -0.2) is 20.4 Å². The monoisotopic (exact) mass is 552 g/mol.